The first-order valence-corrected chi connectivity index (χ1v) is 7.23. The normalized spacial score (nSPS) is 12.4. The standard InChI is InChI=1S/C14H17ClN4O3/c1-9(2)7-12(14(20)21)19-13(16-17-18-19)8-22-11-5-3-10(15)4-6-11/h3-6,9,12H,7-8H2,1-2H3,(H,20,21). The molecule has 0 aliphatic heterocycles. The van der Waals surface area contributed by atoms with Crippen molar-refractivity contribution in [3.05, 3.63) is 35.1 Å². The van der Waals surface area contributed by atoms with Crippen LogP contribution in [0.15, 0.2) is 24.3 Å². The molecule has 1 atom stereocenters. The maximum atomic E-state index is 11.4. The molecule has 1 unspecified atom stereocenters. The summed E-state index contributed by atoms with van der Waals surface area (Å²) >= 11 is 5.80. The number of tetrazole rings is 1. The van der Waals surface area contributed by atoms with Crippen LogP contribution in [0.3, 0.4) is 0 Å². The summed E-state index contributed by atoms with van der Waals surface area (Å²) in [4.78, 5) is 11.4. The van der Waals surface area contributed by atoms with Gasteiger partial charge in [0.05, 0.1) is 0 Å². The molecular weight excluding hydrogens is 308 g/mol. The Kier molecular flexibility index (Phi) is 5.32. The van der Waals surface area contributed by atoms with Crippen molar-refractivity contribution in [1.82, 2.24) is 20.2 Å². The lowest BCUT2D eigenvalue weighted by molar-refractivity contribution is -0.141. The Bertz CT molecular complexity index is 627. The van der Waals surface area contributed by atoms with E-state index < -0.39 is 12.0 Å². The lowest BCUT2D eigenvalue weighted by Crippen LogP contribution is -2.24. The van der Waals surface area contributed by atoms with Crippen LogP contribution >= 0.6 is 11.6 Å². The van der Waals surface area contributed by atoms with Gasteiger partial charge in [-0.1, -0.05) is 25.4 Å². The van der Waals surface area contributed by atoms with Crippen molar-refractivity contribution in [3.63, 3.8) is 0 Å². The van der Waals surface area contributed by atoms with Gasteiger partial charge in [0.2, 0.25) is 0 Å². The van der Waals surface area contributed by atoms with Crippen LogP contribution in [0.1, 0.15) is 32.1 Å². The largest absolute Gasteiger partial charge is 0.486 e. The predicted molar refractivity (Wildman–Crippen MR) is 79.7 cm³/mol. The van der Waals surface area contributed by atoms with Crippen molar-refractivity contribution < 1.29 is 14.6 Å². The number of aromatic nitrogens is 4. The van der Waals surface area contributed by atoms with Gasteiger partial charge in [-0.05, 0) is 47.0 Å². The van der Waals surface area contributed by atoms with E-state index in [-0.39, 0.29) is 12.5 Å². The highest BCUT2D eigenvalue weighted by Crippen LogP contribution is 2.20. The highest BCUT2D eigenvalue weighted by molar-refractivity contribution is 6.30. The number of carboxylic acids is 1. The van der Waals surface area contributed by atoms with E-state index in [1.165, 1.54) is 4.68 Å². The van der Waals surface area contributed by atoms with Gasteiger partial charge >= 0.3 is 5.97 Å². The lowest BCUT2D eigenvalue weighted by atomic mass is 10.0. The molecule has 7 nitrogen and oxygen atoms in total. The maximum Gasteiger partial charge on any atom is 0.328 e. The molecule has 0 saturated heterocycles. The number of rotatable bonds is 7. The SMILES string of the molecule is CC(C)CC(C(=O)O)n1nnnc1COc1ccc(Cl)cc1. The molecule has 0 aliphatic carbocycles. The first kappa shape index (κ1) is 16.2. The van der Waals surface area contributed by atoms with Crippen LogP contribution in [0.4, 0.5) is 0 Å². The average molecular weight is 325 g/mol. The van der Waals surface area contributed by atoms with Crippen LogP contribution in [0.2, 0.25) is 5.02 Å². The van der Waals surface area contributed by atoms with Crippen LogP contribution in [0.25, 0.3) is 0 Å². The van der Waals surface area contributed by atoms with Crippen LogP contribution in [-0.4, -0.2) is 31.3 Å². The average Bonchev–Trinajstić information content (AvgIpc) is 2.92. The summed E-state index contributed by atoms with van der Waals surface area (Å²) in [6.07, 6.45) is 0.439. The first-order chi connectivity index (χ1) is 10.5. The van der Waals surface area contributed by atoms with Crippen LogP contribution < -0.4 is 4.74 Å². The second-order valence-corrected chi connectivity index (χ2v) is 5.70. The molecule has 1 aromatic heterocycles. The van der Waals surface area contributed by atoms with E-state index in [1.54, 1.807) is 24.3 Å². The summed E-state index contributed by atoms with van der Waals surface area (Å²) in [6, 6.07) is 6.05. The topological polar surface area (TPSA) is 90.1 Å². The molecule has 8 heteroatoms. The third-order valence-electron chi connectivity index (χ3n) is 3.02. The van der Waals surface area contributed by atoms with E-state index in [1.807, 2.05) is 13.8 Å². The van der Waals surface area contributed by atoms with Gasteiger partial charge in [-0.25, -0.2) is 9.48 Å². The van der Waals surface area contributed by atoms with Gasteiger partial charge in [-0.15, -0.1) is 5.10 Å². The Labute approximate surface area is 132 Å². The number of carbonyl (C=O) groups is 1. The molecule has 1 aromatic carbocycles. The van der Waals surface area contributed by atoms with E-state index in [2.05, 4.69) is 15.5 Å². The molecule has 1 N–H and O–H groups in total. The van der Waals surface area contributed by atoms with Crippen molar-refractivity contribution in [2.45, 2.75) is 32.9 Å². The fourth-order valence-corrected chi connectivity index (χ4v) is 2.11. The second-order valence-electron chi connectivity index (χ2n) is 5.27. The zero-order valence-electron chi connectivity index (χ0n) is 12.3. The molecule has 0 fully saturated rings. The van der Waals surface area contributed by atoms with Crippen molar-refractivity contribution in [2.24, 2.45) is 5.92 Å². The quantitative estimate of drug-likeness (QED) is 0.841. The third-order valence-corrected chi connectivity index (χ3v) is 3.27. The Morgan fingerprint density at radius 1 is 1.36 bits per heavy atom. The van der Waals surface area contributed by atoms with Gasteiger partial charge in [0.15, 0.2) is 11.9 Å². The van der Waals surface area contributed by atoms with E-state index >= 15 is 0 Å². The number of hydrogen-bond donors (Lipinski definition) is 1. The minimum absolute atomic E-state index is 0.0799. The van der Waals surface area contributed by atoms with E-state index in [0.29, 0.717) is 23.0 Å². The Morgan fingerprint density at radius 2 is 2.05 bits per heavy atom. The fourth-order valence-electron chi connectivity index (χ4n) is 1.98. The van der Waals surface area contributed by atoms with Crippen LogP contribution in [-0.2, 0) is 11.4 Å². The Hall–Kier alpha value is -2.15. The number of carboxylic acid groups (broad SMARTS) is 1. The lowest BCUT2D eigenvalue weighted by Gasteiger charge is -2.16. The monoisotopic (exact) mass is 324 g/mol. The number of hydrogen-bond acceptors (Lipinski definition) is 5. The van der Waals surface area contributed by atoms with E-state index in [0.717, 1.165) is 0 Å². The van der Waals surface area contributed by atoms with Gasteiger partial charge < -0.3 is 9.84 Å². The zero-order chi connectivity index (χ0) is 16.1. The summed E-state index contributed by atoms with van der Waals surface area (Å²) in [5, 5.41) is 21.2. The maximum absolute atomic E-state index is 11.4. The molecule has 1 heterocycles. The molecule has 2 rings (SSSR count). The molecule has 0 bridgehead atoms. The zero-order valence-corrected chi connectivity index (χ0v) is 13.1. The van der Waals surface area contributed by atoms with Gasteiger partial charge in [0.25, 0.3) is 0 Å². The second kappa shape index (κ2) is 7.22. The van der Waals surface area contributed by atoms with Gasteiger partial charge in [-0.2, -0.15) is 0 Å². The highest BCUT2D eigenvalue weighted by Gasteiger charge is 2.25. The first-order valence-electron chi connectivity index (χ1n) is 6.85. The molecule has 2 aromatic rings. The number of halogens is 1. The number of nitrogens with zero attached hydrogens (tertiary/aromatic N) is 4. The molecule has 0 amide bonds. The van der Waals surface area contributed by atoms with E-state index in [4.69, 9.17) is 16.3 Å². The van der Waals surface area contributed by atoms with E-state index in [9.17, 15) is 9.90 Å². The molecule has 0 spiro atoms. The molecule has 0 radical (unpaired) electrons. The molecule has 22 heavy (non-hydrogen) atoms. The summed E-state index contributed by atoms with van der Waals surface area (Å²) in [7, 11) is 0. The summed E-state index contributed by atoms with van der Waals surface area (Å²) in [6.45, 7) is 3.98. The van der Waals surface area contributed by atoms with Crippen molar-refractivity contribution in [2.75, 3.05) is 0 Å². The number of benzene rings is 1. The third kappa shape index (κ3) is 4.17. The summed E-state index contributed by atoms with van der Waals surface area (Å²) in [5.74, 6) is 0.210. The van der Waals surface area contributed by atoms with Crippen molar-refractivity contribution in [3.8, 4) is 5.75 Å². The van der Waals surface area contributed by atoms with Crippen LogP contribution in [0.5, 0.6) is 5.75 Å². The number of aliphatic carboxylic acids is 1. The van der Waals surface area contributed by atoms with Crippen molar-refractivity contribution in [1.29, 1.82) is 0 Å². The molecular formula is C14H17ClN4O3. The fraction of sp³-hybridized carbons (Fsp3) is 0.429. The van der Waals surface area contributed by atoms with Crippen LogP contribution in [0, 0.1) is 5.92 Å². The van der Waals surface area contributed by atoms with Gasteiger partial charge in [-0.3, -0.25) is 0 Å². The minimum atomic E-state index is -0.964. The Balaban J connectivity index is 2.10. The van der Waals surface area contributed by atoms with Crippen molar-refractivity contribution >= 4 is 17.6 Å². The number of ether oxygens (including phenoxy) is 1. The molecule has 0 aliphatic rings. The highest BCUT2D eigenvalue weighted by atomic mass is 35.5. The van der Waals surface area contributed by atoms with Gasteiger partial charge in [0, 0.05) is 5.02 Å². The smallest absolute Gasteiger partial charge is 0.328 e. The minimum Gasteiger partial charge on any atom is -0.486 e. The summed E-state index contributed by atoms with van der Waals surface area (Å²) < 4.78 is 6.87. The summed E-state index contributed by atoms with van der Waals surface area (Å²) in [5.41, 5.74) is 0. The molecule has 0 saturated carbocycles. The van der Waals surface area contributed by atoms with Gasteiger partial charge in [0.1, 0.15) is 12.4 Å². The molecule has 118 valence electrons. The Morgan fingerprint density at radius 3 is 2.64 bits per heavy atom. The predicted octanol–water partition coefficient (Wildman–Crippen LogP) is 2.58.